The molecule has 0 saturated heterocycles. The van der Waals surface area contributed by atoms with Gasteiger partial charge in [-0.2, -0.15) is 26.3 Å². The molecule has 0 radical (unpaired) electrons. The van der Waals surface area contributed by atoms with Crippen molar-refractivity contribution in [3.63, 3.8) is 0 Å². The van der Waals surface area contributed by atoms with Crippen LogP contribution in [0.3, 0.4) is 0 Å². The van der Waals surface area contributed by atoms with Gasteiger partial charge in [-0.25, -0.2) is 0 Å². The lowest BCUT2D eigenvalue weighted by Gasteiger charge is -2.14. The second-order valence-corrected chi connectivity index (χ2v) is 3.41. The maximum Gasteiger partial charge on any atom is 0.416 e. The number of halogens is 6. The van der Waals surface area contributed by atoms with Crippen LogP contribution in [0.25, 0.3) is 0 Å². The normalized spacial score (nSPS) is 14.1. The summed E-state index contributed by atoms with van der Waals surface area (Å²) in [6.07, 6.45) is -6.97. The van der Waals surface area contributed by atoms with Crippen LogP contribution in [-0.2, 0) is 12.4 Å². The van der Waals surface area contributed by atoms with Crippen molar-refractivity contribution in [2.24, 2.45) is 0 Å². The fourth-order valence-electron chi connectivity index (χ4n) is 1.23. The summed E-state index contributed by atoms with van der Waals surface area (Å²) in [5.74, 6) is 1.66. The second kappa shape index (κ2) is 4.53. The Bertz CT molecular complexity index is 448. The van der Waals surface area contributed by atoms with Crippen LogP contribution in [0.4, 0.5) is 26.3 Å². The van der Waals surface area contributed by atoms with Gasteiger partial charge < -0.3 is 5.11 Å². The molecule has 1 rings (SSSR count). The Hall–Kier alpha value is -1.68. The fourth-order valence-corrected chi connectivity index (χ4v) is 1.23. The molecule has 0 bridgehead atoms. The summed E-state index contributed by atoms with van der Waals surface area (Å²) >= 11 is 0. The zero-order chi connectivity index (χ0) is 14.1. The summed E-state index contributed by atoms with van der Waals surface area (Å²) in [5, 5.41) is 9.14. The average Bonchev–Trinajstić information content (AvgIpc) is 2.25. The SMILES string of the molecule is C#CC(O)c1cc(C(F)(F)F)cc(C(F)(F)F)c1. The minimum atomic E-state index is -4.95. The van der Waals surface area contributed by atoms with Crippen LogP contribution >= 0.6 is 0 Å². The van der Waals surface area contributed by atoms with Crippen molar-refractivity contribution >= 4 is 0 Å². The Kier molecular flexibility index (Phi) is 3.62. The lowest BCUT2D eigenvalue weighted by Crippen LogP contribution is -2.12. The molecule has 1 atom stereocenters. The van der Waals surface area contributed by atoms with E-state index in [4.69, 9.17) is 11.5 Å². The summed E-state index contributed by atoms with van der Waals surface area (Å²) in [6, 6.07) is 0.742. The molecule has 1 aromatic carbocycles. The maximum absolute atomic E-state index is 12.4. The number of alkyl halides is 6. The summed E-state index contributed by atoms with van der Waals surface area (Å²) in [7, 11) is 0. The van der Waals surface area contributed by atoms with Crippen molar-refractivity contribution < 1.29 is 31.4 Å². The van der Waals surface area contributed by atoms with Crippen molar-refractivity contribution in [1.29, 1.82) is 0 Å². The van der Waals surface area contributed by atoms with E-state index in [0.717, 1.165) is 0 Å². The number of aliphatic hydroxyl groups is 1. The monoisotopic (exact) mass is 268 g/mol. The van der Waals surface area contributed by atoms with E-state index in [1.165, 1.54) is 0 Å². The average molecular weight is 268 g/mol. The highest BCUT2D eigenvalue weighted by Gasteiger charge is 2.37. The number of rotatable bonds is 1. The van der Waals surface area contributed by atoms with Crippen molar-refractivity contribution in [2.45, 2.75) is 18.5 Å². The lowest BCUT2D eigenvalue weighted by molar-refractivity contribution is -0.143. The predicted molar refractivity (Wildman–Crippen MR) is 50.2 cm³/mol. The molecule has 0 aliphatic heterocycles. The Morgan fingerprint density at radius 3 is 1.61 bits per heavy atom. The van der Waals surface area contributed by atoms with Crippen molar-refractivity contribution in [3.05, 3.63) is 34.9 Å². The van der Waals surface area contributed by atoms with E-state index in [0.29, 0.717) is 12.1 Å². The molecule has 0 aromatic heterocycles. The Labute approximate surface area is 98.0 Å². The smallest absolute Gasteiger partial charge is 0.376 e. The summed E-state index contributed by atoms with van der Waals surface area (Å²) in [4.78, 5) is 0. The molecule has 1 nitrogen and oxygen atoms in total. The number of terminal acetylenes is 1. The van der Waals surface area contributed by atoms with Crippen molar-refractivity contribution in [3.8, 4) is 12.3 Å². The molecule has 18 heavy (non-hydrogen) atoms. The minimum Gasteiger partial charge on any atom is -0.376 e. The zero-order valence-corrected chi connectivity index (χ0v) is 8.60. The van der Waals surface area contributed by atoms with Gasteiger partial charge in [0.15, 0.2) is 0 Å². The molecule has 0 aliphatic rings. The highest BCUT2D eigenvalue weighted by Crippen LogP contribution is 2.37. The molecule has 0 spiro atoms. The lowest BCUT2D eigenvalue weighted by atomic mass is 10.0. The Morgan fingerprint density at radius 2 is 1.33 bits per heavy atom. The molecule has 7 heteroatoms. The van der Waals surface area contributed by atoms with Crippen molar-refractivity contribution in [2.75, 3.05) is 0 Å². The number of hydrogen-bond donors (Lipinski definition) is 1. The van der Waals surface area contributed by atoms with Crippen LogP contribution in [0.1, 0.15) is 22.8 Å². The summed E-state index contributed by atoms with van der Waals surface area (Å²) < 4.78 is 74.4. The minimum absolute atomic E-state index is 0.0350. The third kappa shape index (κ3) is 3.17. The first kappa shape index (κ1) is 14.4. The van der Waals surface area contributed by atoms with Crippen molar-refractivity contribution in [1.82, 2.24) is 0 Å². The van der Waals surface area contributed by atoms with Gasteiger partial charge in [-0.05, 0) is 23.8 Å². The first-order chi connectivity index (χ1) is 8.05. The number of aliphatic hydroxyl groups excluding tert-OH is 1. The van der Waals surface area contributed by atoms with Crippen LogP contribution in [0.15, 0.2) is 18.2 Å². The van der Waals surface area contributed by atoms with Crippen LogP contribution in [0.5, 0.6) is 0 Å². The molecule has 1 aromatic rings. The number of hydrogen-bond acceptors (Lipinski definition) is 1. The molecule has 1 unspecified atom stereocenters. The fraction of sp³-hybridized carbons (Fsp3) is 0.273. The Morgan fingerprint density at radius 1 is 0.944 bits per heavy atom. The number of benzene rings is 1. The largest absolute Gasteiger partial charge is 0.416 e. The van der Waals surface area contributed by atoms with Gasteiger partial charge in [-0.15, -0.1) is 6.42 Å². The summed E-state index contributed by atoms with van der Waals surface area (Å²) in [5.41, 5.74) is -3.65. The molecular formula is C11H6F6O. The molecule has 0 fully saturated rings. The van der Waals surface area contributed by atoms with Gasteiger partial charge in [-0.1, -0.05) is 5.92 Å². The van der Waals surface area contributed by atoms with E-state index in [2.05, 4.69) is 0 Å². The highest BCUT2D eigenvalue weighted by atomic mass is 19.4. The second-order valence-electron chi connectivity index (χ2n) is 3.41. The molecule has 0 saturated carbocycles. The van der Waals surface area contributed by atoms with Gasteiger partial charge in [-0.3, -0.25) is 0 Å². The maximum atomic E-state index is 12.4. The zero-order valence-electron chi connectivity index (χ0n) is 8.60. The Balaban J connectivity index is 3.45. The topological polar surface area (TPSA) is 20.2 Å². The van der Waals surface area contributed by atoms with Crippen LogP contribution in [0, 0.1) is 12.3 Å². The van der Waals surface area contributed by atoms with E-state index in [1.54, 1.807) is 5.92 Å². The van der Waals surface area contributed by atoms with Crippen LogP contribution in [-0.4, -0.2) is 5.11 Å². The van der Waals surface area contributed by atoms with Gasteiger partial charge in [0.1, 0.15) is 6.10 Å². The van der Waals surface area contributed by atoms with Gasteiger partial charge >= 0.3 is 12.4 Å². The van der Waals surface area contributed by atoms with Crippen LogP contribution < -0.4 is 0 Å². The quantitative estimate of drug-likeness (QED) is 0.611. The van der Waals surface area contributed by atoms with E-state index in [1.807, 2.05) is 0 Å². The summed E-state index contributed by atoms with van der Waals surface area (Å²) in [6.45, 7) is 0. The van der Waals surface area contributed by atoms with Gasteiger partial charge in [0.05, 0.1) is 11.1 Å². The van der Waals surface area contributed by atoms with E-state index >= 15 is 0 Å². The molecule has 98 valence electrons. The predicted octanol–water partition coefficient (Wildman–Crippen LogP) is 3.39. The molecular weight excluding hydrogens is 262 g/mol. The molecule has 1 N–H and O–H groups in total. The van der Waals surface area contributed by atoms with E-state index < -0.39 is 35.1 Å². The standard InChI is InChI=1S/C11H6F6O/c1-2-9(18)6-3-7(10(12,13)14)5-8(4-6)11(15,16)17/h1,3-5,9,18H. The van der Waals surface area contributed by atoms with E-state index in [-0.39, 0.29) is 6.07 Å². The van der Waals surface area contributed by atoms with E-state index in [9.17, 15) is 26.3 Å². The highest BCUT2D eigenvalue weighted by molar-refractivity contribution is 5.36. The molecule has 0 amide bonds. The first-order valence-corrected chi connectivity index (χ1v) is 4.49. The molecule has 0 aliphatic carbocycles. The van der Waals surface area contributed by atoms with Gasteiger partial charge in [0.2, 0.25) is 0 Å². The van der Waals surface area contributed by atoms with Gasteiger partial charge in [0, 0.05) is 0 Å². The van der Waals surface area contributed by atoms with Crippen LogP contribution in [0.2, 0.25) is 0 Å². The molecule has 0 heterocycles. The first-order valence-electron chi connectivity index (χ1n) is 4.49. The third-order valence-corrected chi connectivity index (χ3v) is 2.08. The van der Waals surface area contributed by atoms with Gasteiger partial charge in [0.25, 0.3) is 0 Å². The third-order valence-electron chi connectivity index (χ3n) is 2.08.